The quantitative estimate of drug-likeness (QED) is 0.910. The molecule has 0 atom stereocenters. The molecule has 0 saturated carbocycles. The van der Waals surface area contributed by atoms with Crippen LogP contribution in [0.25, 0.3) is 0 Å². The van der Waals surface area contributed by atoms with Crippen LogP contribution in [0, 0.1) is 12.7 Å². The second-order valence-corrected chi connectivity index (χ2v) is 7.52. The third-order valence-corrected chi connectivity index (χ3v) is 5.22. The summed E-state index contributed by atoms with van der Waals surface area (Å²) in [7, 11) is -2.48. The number of ether oxygens (including phenoxy) is 1. The number of nitrogens with one attached hydrogen (secondary N) is 1. The smallest absolute Gasteiger partial charge is 0.245 e. The predicted octanol–water partition coefficient (Wildman–Crippen LogP) is 3.36. The largest absolute Gasteiger partial charge is 0.495 e. The van der Waals surface area contributed by atoms with Crippen LogP contribution in [-0.4, -0.2) is 15.5 Å². The minimum atomic E-state index is -3.89. The Morgan fingerprint density at radius 1 is 1.13 bits per heavy atom. The number of halogens is 1. The number of hydrogen-bond acceptors (Lipinski definition) is 3. The molecular weight excluding hydrogens is 317 g/mol. The fourth-order valence-corrected chi connectivity index (χ4v) is 4.06. The van der Waals surface area contributed by atoms with E-state index in [9.17, 15) is 12.8 Å². The molecule has 0 spiro atoms. The van der Waals surface area contributed by atoms with E-state index in [0.717, 1.165) is 5.56 Å². The summed E-state index contributed by atoms with van der Waals surface area (Å²) >= 11 is 0. The second kappa shape index (κ2) is 6.29. The Bertz CT molecular complexity index is 816. The van der Waals surface area contributed by atoms with E-state index in [4.69, 9.17) is 4.74 Å². The molecule has 4 nitrogen and oxygen atoms in total. The van der Waals surface area contributed by atoms with Crippen molar-refractivity contribution in [1.29, 1.82) is 0 Å². The molecule has 0 fully saturated rings. The molecule has 0 bridgehead atoms. The highest BCUT2D eigenvalue weighted by Gasteiger charge is 2.31. The molecule has 0 aliphatic heterocycles. The fourth-order valence-electron chi connectivity index (χ4n) is 2.41. The fraction of sp³-hybridized carbons (Fsp3) is 0.294. The lowest BCUT2D eigenvalue weighted by Gasteiger charge is -2.27. The zero-order valence-corrected chi connectivity index (χ0v) is 14.4. The molecule has 0 amide bonds. The molecule has 2 rings (SSSR count). The highest BCUT2D eigenvalue weighted by Crippen LogP contribution is 2.29. The maximum absolute atomic E-state index is 14.0. The number of benzene rings is 2. The molecule has 2 aromatic rings. The Balaban J connectivity index is 2.46. The first-order chi connectivity index (χ1) is 10.7. The van der Waals surface area contributed by atoms with Gasteiger partial charge in [0.1, 0.15) is 16.5 Å². The SMILES string of the molecule is COc1ccc(C)cc1S(=O)(=O)NC(C)(C)c1ccccc1F. The summed E-state index contributed by atoms with van der Waals surface area (Å²) in [6.07, 6.45) is 0. The van der Waals surface area contributed by atoms with E-state index < -0.39 is 21.4 Å². The van der Waals surface area contributed by atoms with Crippen molar-refractivity contribution in [2.24, 2.45) is 0 Å². The lowest BCUT2D eigenvalue weighted by molar-refractivity contribution is 0.399. The van der Waals surface area contributed by atoms with Gasteiger partial charge in [0.2, 0.25) is 10.0 Å². The van der Waals surface area contributed by atoms with E-state index in [0.29, 0.717) is 0 Å². The van der Waals surface area contributed by atoms with E-state index in [1.165, 1.54) is 19.2 Å². The van der Waals surface area contributed by atoms with Gasteiger partial charge in [-0.2, -0.15) is 0 Å². The van der Waals surface area contributed by atoms with Crippen molar-refractivity contribution in [2.45, 2.75) is 31.2 Å². The van der Waals surface area contributed by atoms with Gasteiger partial charge in [-0.25, -0.2) is 17.5 Å². The van der Waals surface area contributed by atoms with Crippen LogP contribution >= 0.6 is 0 Å². The normalized spacial score (nSPS) is 12.2. The van der Waals surface area contributed by atoms with E-state index in [2.05, 4.69) is 4.72 Å². The molecule has 0 heterocycles. The summed E-state index contributed by atoms with van der Waals surface area (Å²) in [6, 6.07) is 11.0. The molecule has 1 N–H and O–H groups in total. The Kier molecular flexibility index (Phi) is 4.77. The first kappa shape index (κ1) is 17.4. The van der Waals surface area contributed by atoms with Crippen LogP contribution in [0.3, 0.4) is 0 Å². The number of sulfonamides is 1. The third-order valence-electron chi connectivity index (χ3n) is 3.55. The van der Waals surface area contributed by atoms with Gasteiger partial charge in [-0.3, -0.25) is 0 Å². The first-order valence-electron chi connectivity index (χ1n) is 7.11. The summed E-state index contributed by atoms with van der Waals surface area (Å²) in [5.74, 6) is -0.219. The van der Waals surface area contributed by atoms with E-state index in [-0.39, 0.29) is 16.2 Å². The summed E-state index contributed by atoms with van der Waals surface area (Å²) in [5.41, 5.74) is -0.0519. The summed E-state index contributed by atoms with van der Waals surface area (Å²) < 4.78 is 47.2. The predicted molar refractivity (Wildman–Crippen MR) is 87.5 cm³/mol. The Hall–Kier alpha value is -1.92. The highest BCUT2D eigenvalue weighted by atomic mass is 32.2. The van der Waals surface area contributed by atoms with Gasteiger partial charge in [-0.05, 0) is 44.5 Å². The number of methoxy groups -OCH3 is 1. The lowest BCUT2D eigenvalue weighted by atomic mass is 9.95. The minimum absolute atomic E-state index is 0.0319. The van der Waals surface area contributed by atoms with Gasteiger partial charge < -0.3 is 4.74 Å². The van der Waals surface area contributed by atoms with Crippen molar-refractivity contribution in [3.05, 3.63) is 59.4 Å². The van der Waals surface area contributed by atoms with Gasteiger partial charge in [0.15, 0.2) is 0 Å². The average molecular weight is 337 g/mol. The van der Waals surface area contributed by atoms with Crippen molar-refractivity contribution in [3.8, 4) is 5.75 Å². The average Bonchev–Trinajstić information content (AvgIpc) is 2.46. The van der Waals surface area contributed by atoms with Gasteiger partial charge >= 0.3 is 0 Å². The maximum atomic E-state index is 14.0. The van der Waals surface area contributed by atoms with E-state index in [1.807, 2.05) is 0 Å². The van der Waals surface area contributed by atoms with Crippen LogP contribution < -0.4 is 9.46 Å². The standard InChI is InChI=1S/C17H20FNO3S/c1-12-9-10-15(22-4)16(11-12)23(20,21)19-17(2,3)13-7-5-6-8-14(13)18/h5-11,19H,1-4H3. The van der Waals surface area contributed by atoms with Crippen LogP contribution in [0.1, 0.15) is 25.0 Å². The summed E-state index contributed by atoms with van der Waals surface area (Å²) in [5, 5.41) is 0. The van der Waals surface area contributed by atoms with Crippen LogP contribution in [0.15, 0.2) is 47.4 Å². The third kappa shape index (κ3) is 3.71. The van der Waals surface area contributed by atoms with Gasteiger partial charge in [-0.1, -0.05) is 24.3 Å². The summed E-state index contributed by atoms with van der Waals surface area (Å²) in [4.78, 5) is 0.0319. The molecule has 0 saturated heterocycles. The molecule has 124 valence electrons. The number of rotatable bonds is 5. The molecule has 0 aromatic heterocycles. The second-order valence-electron chi connectivity index (χ2n) is 5.86. The highest BCUT2D eigenvalue weighted by molar-refractivity contribution is 7.89. The Morgan fingerprint density at radius 3 is 2.39 bits per heavy atom. The van der Waals surface area contributed by atoms with Crippen molar-refractivity contribution >= 4 is 10.0 Å². The molecule has 0 aliphatic carbocycles. The van der Waals surface area contributed by atoms with Crippen LogP contribution in [-0.2, 0) is 15.6 Å². The molecule has 0 unspecified atom stereocenters. The molecule has 0 radical (unpaired) electrons. The zero-order chi connectivity index (χ0) is 17.3. The maximum Gasteiger partial charge on any atom is 0.245 e. The van der Waals surface area contributed by atoms with Gasteiger partial charge in [0.25, 0.3) is 0 Å². The number of hydrogen-bond donors (Lipinski definition) is 1. The minimum Gasteiger partial charge on any atom is -0.495 e. The van der Waals surface area contributed by atoms with Crippen LogP contribution in [0.2, 0.25) is 0 Å². The molecular formula is C17H20FNO3S. The van der Waals surface area contributed by atoms with E-state index >= 15 is 0 Å². The first-order valence-corrected chi connectivity index (χ1v) is 8.59. The van der Waals surface area contributed by atoms with Crippen molar-refractivity contribution < 1.29 is 17.5 Å². The molecule has 0 aliphatic rings. The van der Waals surface area contributed by atoms with Gasteiger partial charge in [0.05, 0.1) is 12.6 Å². The molecule has 23 heavy (non-hydrogen) atoms. The van der Waals surface area contributed by atoms with Crippen LogP contribution in [0.4, 0.5) is 4.39 Å². The van der Waals surface area contributed by atoms with Crippen molar-refractivity contribution in [3.63, 3.8) is 0 Å². The van der Waals surface area contributed by atoms with E-state index in [1.54, 1.807) is 51.1 Å². The van der Waals surface area contributed by atoms with Gasteiger partial charge in [-0.15, -0.1) is 0 Å². The molecule has 2 aromatic carbocycles. The lowest BCUT2D eigenvalue weighted by Crippen LogP contribution is -2.41. The van der Waals surface area contributed by atoms with Crippen LogP contribution in [0.5, 0.6) is 5.75 Å². The monoisotopic (exact) mass is 337 g/mol. The van der Waals surface area contributed by atoms with Crippen molar-refractivity contribution in [1.82, 2.24) is 4.72 Å². The zero-order valence-electron chi connectivity index (χ0n) is 13.6. The number of aryl methyl sites for hydroxylation is 1. The Labute approximate surface area is 136 Å². The Morgan fingerprint density at radius 2 is 1.78 bits per heavy atom. The van der Waals surface area contributed by atoms with Crippen molar-refractivity contribution in [2.75, 3.05) is 7.11 Å². The van der Waals surface area contributed by atoms with Gasteiger partial charge in [0, 0.05) is 5.56 Å². The molecule has 6 heteroatoms. The summed E-state index contributed by atoms with van der Waals surface area (Å²) in [6.45, 7) is 5.02. The topological polar surface area (TPSA) is 55.4 Å².